The molecule has 0 radical (unpaired) electrons. The number of carbonyl (C=O) groups is 1. The lowest BCUT2D eigenvalue weighted by Gasteiger charge is -2.58. The van der Waals surface area contributed by atoms with Crippen LogP contribution in [0, 0.1) is 23.2 Å². The van der Waals surface area contributed by atoms with Gasteiger partial charge in [0.25, 0.3) is 0 Å². The minimum absolute atomic E-state index is 0. The van der Waals surface area contributed by atoms with Crippen molar-refractivity contribution >= 4 is 33.7 Å². The van der Waals surface area contributed by atoms with Crippen LogP contribution < -0.4 is 5.73 Å². The summed E-state index contributed by atoms with van der Waals surface area (Å²) in [5.74, 6) is 2.90. The smallest absolute Gasteiger partial charge is 0.240 e. The first-order valence-electron chi connectivity index (χ1n) is 8.54. The van der Waals surface area contributed by atoms with Gasteiger partial charge in [-0.05, 0) is 74.5 Å². The summed E-state index contributed by atoms with van der Waals surface area (Å²) in [4.78, 5) is 14.7. The molecule has 0 aromatic carbocycles. The summed E-state index contributed by atoms with van der Waals surface area (Å²) >= 11 is 0. The fourth-order valence-electron chi connectivity index (χ4n) is 5.95. The second kappa shape index (κ2) is 7.74. The minimum Gasteiger partial charge on any atom is -0.341 e. The second-order valence-electron chi connectivity index (χ2n) is 7.79. The van der Waals surface area contributed by atoms with Crippen molar-refractivity contribution in [1.29, 1.82) is 0 Å². The zero-order chi connectivity index (χ0) is 15.0. The molecule has 1 aliphatic heterocycles. The van der Waals surface area contributed by atoms with Gasteiger partial charge in [0.05, 0.1) is 6.04 Å². The Balaban J connectivity index is 0.000000566. The molecule has 6 heteroatoms. The lowest BCUT2D eigenvalue weighted by Crippen LogP contribution is -2.59. The highest BCUT2D eigenvalue weighted by Crippen LogP contribution is 2.61. The third-order valence-corrected chi connectivity index (χ3v) is 6.43. The maximum Gasteiger partial charge on any atom is 0.240 e. The zero-order valence-corrected chi connectivity index (χ0v) is 17.4. The summed E-state index contributed by atoms with van der Waals surface area (Å²) < 4.78 is 0. The Labute approximate surface area is 143 Å². The van der Waals surface area contributed by atoms with Crippen molar-refractivity contribution in [2.45, 2.75) is 57.4 Å². The molecule has 5 rings (SSSR count). The second-order valence-corrected chi connectivity index (χ2v) is 7.79. The summed E-state index contributed by atoms with van der Waals surface area (Å²) in [6.07, 6.45) is 10.3. The molecule has 4 saturated carbocycles. The third kappa shape index (κ3) is 3.39. The van der Waals surface area contributed by atoms with E-state index >= 15 is 0 Å². The van der Waals surface area contributed by atoms with Crippen LogP contribution in [0.1, 0.15) is 51.4 Å². The van der Waals surface area contributed by atoms with Crippen LogP contribution in [-0.2, 0) is 4.79 Å². The van der Waals surface area contributed by atoms with Gasteiger partial charge >= 0.3 is 0 Å². The van der Waals surface area contributed by atoms with Crippen LogP contribution in [0.5, 0.6) is 0 Å². The molecule has 0 aromatic rings. The van der Waals surface area contributed by atoms with Crippen molar-refractivity contribution in [2.75, 3.05) is 13.1 Å². The van der Waals surface area contributed by atoms with E-state index in [1.807, 2.05) is 4.90 Å². The van der Waals surface area contributed by atoms with E-state index in [0.29, 0.717) is 0 Å². The monoisotopic (exact) mass is 362 g/mol. The SMILES string of the molecule is NC(C(=O)N1CCCC1)C12CC3CC(CC(C3)C1)C2.P.PP. The van der Waals surface area contributed by atoms with E-state index in [0.717, 1.165) is 30.8 Å². The van der Waals surface area contributed by atoms with Crippen LogP contribution in [0.2, 0.25) is 0 Å². The molecule has 4 aliphatic carbocycles. The van der Waals surface area contributed by atoms with Gasteiger partial charge in [-0.1, -0.05) is 0 Å². The Morgan fingerprint density at radius 2 is 1.41 bits per heavy atom. The van der Waals surface area contributed by atoms with Crippen molar-refractivity contribution in [2.24, 2.45) is 28.9 Å². The number of rotatable bonds is 2. The molecule has 2 N–H and O–H groups in total. The summed E-state index contributed by atoms with van der Waals surface area (Å²) in [5.41, 5.74) is 6.68. The Bertz CT molecular complexity index is 364. The van der Waals surface area contributed by atoms with Crippen molar-refractivity contribution in [3.05, 3.63) is 0 Å². The number of carbonyl (C=O) groups excluding carboxylic acids is 1. The maximum absolute atomic E-state index is 12.7. The number of hydrogen-bond donors (Lipinski definition) is 1. The first-order chi connectivity index (χ1) is 10.2. The Hall–Kier alpha value is 0.720. The number of hydrogen-bond acceptors (Lipinski definition) is 2. The predicted molar refractivity (Wildman–Crippen MR) is 105 cm³/mol. The van der Waals surface area contributed by atoms with Crippen LogP contribution in [-0.4, -0.2) is 29.9 Å². The fourth-order valence-corrected chi connectivity index (χ4v) is 5.95. The molecule has 1 amide bonds. The van der Waals surface area contributed by atoms with Gasteiger partial charge in [-0.25, -0.2) is 0 Å². The third-order valence-electron chi connectivity index (χ3n) is 6.43. The van der Waals surface area contributed by atoms with Gasteiger partial charge in [-0.2, -0.15) is 9.90 Å². The molecule has 5 fully saturated rings. The van der Waals surface area contributed by atoms with Gasteiger partial charge in [-0.15, -0.1) is 17.9 Å². The first kappa shape index (κ1) is 19.1. The van der Waals surface area contributed by atoms with E-state index in [4.69, 9.17) is 5.73 Å². The molecule has 4 bridgehead atoms. The molecular weight excluding hydrogens is 329 g/mol. The first-order valence-corrected chi connectivity index (χ1v) is 11.2. The number of amides is 1. The van der Waals surface area contributed by atoms with Gasteiger partial charge in [0.2, 0.25) is 5.91 Å². The van der Waals surface area contributed by atoms with Crippen molar-refractivity contribution in [1.82, 2.24) is 4.90 Å². The van der Waals surface area contributed by atoms with Gasteiger partial charge in [0.15, 0.2) is 0 Å². The normalized spacial score (nSPS) is 39.8. The van der Waals surface area contributed by atoms with Crippen molar-refractivity contribution in [3.8, 4) is 0 Å². The fraction of sp³-hybridized carbons (Fsp3) is 0.938. The standard InChI is InChI=1S/C16H26N2O.H4P2.H3P/c17-14(15(19)18-3-1-2-4-18)16-8-11-5-12(9-16)7-13(6-11)10-16;1-2;/h11-14H,1-10,17H2;1-2H2;1H3. The van der Waals surface area contributed by atoms with Crippen LogP contribution in [0.4, 0.5) is 0 Å². The molecule has 0 spiro atoms. The average Bonchev–Trinajstić information content (AvgIpc) is 3.00. The highest BCUT2D eigenvalue weighted by Gasteiger charge is 2.55. The number of nitrogens with zero attached hydrogens (tertiary/aromatic N) is 1. The molecule has 1 saturated heterocycles. The zero-order valence-electron chi connectivity index (χ0n) is 13.7. The lowest BCUT2D eigenvalue weighted by molar-refractivity contribution is -0.142. The number of likely N-dealkylation sites (tertiary alicyclic amines) is 1. The van der Waals surface area contributed by atoms with Gasteiger partial charge in [-0.3, -0.25) is 4.79 Å². The average molecular weight is 362 g/mol. The molecule has 3 nitrogen and oxygen atoms in total. The molecular formula is C16H33N2OP3. The van der Waals surface area contributed by atoms with E-state index < -0.39 is 0 Å². The van der Waals surface area contributed by atoms with Crippen LogP contribution in [0.25, 0.3) is 0 Å². The maximum atomic E-state index is 12.7. The molecule has 128 valence electrons. The minimum atomic E-state index is -0.209. The summed E-state index contributed by atoms with van der Waals surface area (Å²) in [6, 6.07) is -0.209. The topological polar surface area (TPSA) is 46.3 Å². The summed E-state index contributed by atoms with van der Waals surface area (Å²) in [7, 11) is 4.67. The van der Waals surface area contributed by atoms with Gasteiger partial charge in [0, 0.05) is 13.1 Å². The highest BCUT2D eigenvalue weighted by atomic mass is 32.0. The van der Waals surface area contributed by atoms with E-state index in [9.17, 15) is 4.79 Å². The Morgan fingerprint density at radius 3 is 1.82 bits per heavy atom. The van der Waals surface area contributed by atoms with Crippen molar-refractivity contribution in [3.63, 3.8) is 0 Å². The summed E-state index contributed by atoms with van der Waals surface area (Å²) in [6.45, 7) is 1.89. The Morgan fingerprint density at radius 1 is 1.00 bits per heavy atom. The summed E-state index contributed by atoms with van der Waals surface area (Å²) in [5, 5.41) is 0. The molecule has 1 heterocycles. The highest BCUT2D eigenvalue weighted by molar-refractivity contribution is 7.92. The molecule has 4 atom stereocenters. The van der Waals surface area contributed by atoms with E-state index in [2.05, 4.69) is 17.9 Å². The largest absolute Gasteiger partial charge is 0.341 e. The van der Waals surface area contributed by atoms with Crippen LogP contribution in [0.3, 0.4) is 0 Å². The predicted octanol–water partition coefficient (Wildman–Crippen LogP) is 2.86. The van der Waals surface area contributed by atoms with Crippen molar-refractivity contribution < 1.29 is 4.79 Å². The lowest BCUT2D eigenvalue weighted by atomic mass is 9.47. The van der Waals surface area contributed by atoms with E-state index in [-0.39, 0.29) is 27.3 Å². The van der Waals surface area contributed by atoms with E-state index in [1.165, 1.54) is 51.4 Å². The molecule has 4 unspecified atom stereocenters. The van der Waals surface area contributed by atoms with E-state index in [1.54, 1.807) is 0 Å². The van der Waals surface area contributed by atoms with Gasteiger partial charge < -0.3 is 10.6 Å². The van der Waals surface area contributed by atoms with Crippen LogP contribution >= 0.6 is 27.8 Å². The van der Waals surface area contributed by atoms with Crippen LogP contribution in [0.15, 0.2) is 0 Å². The Kier molecular flexibility index (Phi) is 6.70. The number of nitrogens with two attached hydrogens (primary N) is 1. The van der Waals surface area contributed by atoms with Gasteiger partial charge in [0.1, 0.15) is 0 Å². The quantitative estimate of drug-likeness (QED) is 0.768. The molecule has 22 heavy (non-hydrogen) atoms. The molecule has 0 aromatic heterocycles. The molecule has 5 aliphatic rings.